The van der Waals surface area contributed by atoms with Crippen molar-refractivity contribution in [2.75, 3.05) is 32.8 Å². The number of halogens is 1. The van der Waals surface area contributed by atoms with E-state index in [0.29, 0.717) is 24.3 Å². The van der Waals surface area contributed by atoms with E-state index in [1.165, 1.54) is 31.2 Å². The van der Waals surface area contributed by atoms with Gasteiger partial charge in [-0.1, -0.05) is 12.8 Å². The van der Waals surface area contributed by atoms with E-state index in [0.717, 1.165) is 30.7 Å². The topological polar surface area (TPSA) is 44.7 Å². The van der Waals surface area contributed by atoms with Gasteiger partial charge in [-0.15, -0.1) is 0 Å². The van der Waals surface area contributed by atoms with Crippen LogP contribution in [0.15, 0.2) is 16.6 Å². The third-order valence-corrected chi connectivity index (χ3v) is 5.69. The molecule has 0 radical (unpaired) electrons. The Labute approximate surface area is 147 Å². The van der Waals surface area contributed by atoms with Crippen LogP contribution in [0.1, 0.15) is 44.2 Å². The lowest BCUT2D eigenvalue weighted by molar-refractivity contribution is 0.125. The molecule has 1 saturated carbocycles. The molecule has 0 amide bonds. The smallest absolute Gasteiger partial charge is 0.172 e. The zero-order valence-electron chi connectivity index (χ0n) is 13.9. The molecule has 2 fully saturated rings. The highest BCUT2D eigenvalue weighted by Gasteiger charge is 2.32. The van der Waals surface area contributed by atoms with Gasteiger partial charge in [0.15, 0.2) is 11.5 Å². The van der Waals surface area contributed by atoms with E-state index in [9.17, 15) is 5.11 Å². The Hall–Kier alpha value is -0.780. The van der Waals surface area contributed by atoms with Crippen molar-refractivity contribution < 1.29 is 9.84 Å². The van der Waals surface area contributed by atoms with Crippen LogP contribution in [0.2, 0.25) is 0 Å². The average molecular weight is 383 g/mol. The number of nitrogens with zero attached hydrogens (tertiary/aromatic N) is 1. The number of ether oxygens (including phenoxy) is 1. The monoisotopic (exact) mass is 382 g/mol. The molecule has 1 aliphatic heterocycles. The number of aromatic hydroxyl groups is 1. The van der Waals surface area contributed by atoms with E-state index in [2.05, 4.69) is 38.3 Å². The molecule has 0 aromatic heterocycles. The van der Waals surface area contributed by atoms with Gasteiger partial charge in [-0.05, 0) is 59.3 Å². The normalized spacial score (nSPS) is 21.5. The Kier molecular flexibility index (Phi) is 5.83. The van der Waals surface area contributed by atoms with Gasteiger partial charge in [0.25, 0.3) is 0 Å². The lowest BCUT2D eigenvalue weighted by Gasteiger charge is -2.39. The second-order valence-corrected chi connectivity index (χ2v) is 7.41. The summed E-state index contributed by atoms with van der Waals surface area (Å²) in [5.74, 6) is 1.51. The Bertz CT molecular complexity index is 526. The van der Waals surface area contributed by atoms with Crippen molar-refractivity contribution >= 4 is 15.9 Å². The lowest BCUT2D eigenvalue weighted by atomic mass is 9.89. The SMILES string of the molecule is CCOc1cc([C@@H](C2CCCC2)N2CCNCC2)cc(Br)c1O. The summed E-state index contributed by atoms with van der Waals surface area (Å²) >= 11 is 3.51. The fourth-order valence-corrected chi connectivity index (χ4v) is 4.50. The highest BCUT2D eigenvalue weighted by Crippen LogP contribution is 2.44. The van der Waals surface area contributed by atoms with Crippen molar-refractivity contribution in [2.45, 2.75) is 38.6 Å². The molecule has 1 heterocycles. The third-order valence-electron chi connectivity index (χ3n) is 5.08. The first-order chi connectivity index (χ1) is 11.2. The van der Waals surface area contributed by atoms with Crippen LogP contribution >= 0.6 is 15.9 Å². The molecule has 5 heteroatoms. The lowest BCUT2D eigenvalue weighted by Crippen LogP contribution is -2.46. The summed E-state index contributed by atoms with van der Waals surface area (Å²) in [5, 5.41) is 13.7. The molecule has 23 heavy (non-hydrogen) atoms. The van der Waals surface area contributed by atoms with Crippen LogP contribution in [-0.2, 0) is 0 Å². The largest absolute Gasteiger partial charge is 0.503 e. The molecular formula is C18H27BrN2O2. The van der Waals surface area contributed by atoms with Gasteiger partial charge in [-0.25, -0.2) is 0 Å². The predicted molar refractivity (Wildman–Crippen MR) is 96.1 cm³/mol. The molecule has 1 saturated heterocycles. The van der Waals surface area contributed by atoms with Gasteiger partial charge >= 0.3 is 0 Å². The first kappa shape index (κ1) is 17.1. The van der Waals surface area contributed by atoms with Crippen LogP contribution in [-0.4, -0.2) is 42.8 Å². The van der Waals surface area contributed by atoms with Gasteiger partial charge < -0.3 is 15.2 Å². The zero-order valence-corrected chi connectivity index (χ0v) is 15.4. The summed E-state index contributed by atoms with van der Waals surface area (Å²) in [5.41, 5.74) is 1.27. The summed E-state index contributed by atoms with van der Waals surface area (Å²) in [6, 6.07) is 4.56. The molecule has 1 aliphatic carbocycles. The molecule has 1 atom stereocenters. The minimum Gasteiger partial charge on any atom is -0.503 e. The standard InChI is InChI=1S/C18H27BrN2O2/c1-2-23-16-12-14(11-15(19)18(16)22)17(13-5-3-4-6-13)21-9-7-20-8-10-21/h11-13,17,20,22H,2-10H2,1H3/t17-/m1/s1. The number of phenols is 1. The quantitative estimate of drug-likeness (QED) is 0.814. The van der Waals surface area contributed by atoms with Crippen LogP contribution in [0.25, 0.3) is 0 Å². The Morgan fingerprint density at radius 3 is 2.65 bits per heavy atom. The number of rotatable bonds is 5. The molecule has 0 spiro atoms. The minimum absolute atomic E-state index is 0.209. The van der Waals surface area contributed by atoms with E-state index in [-0.39, 0.29) is 5.75 Å². The second-order valence-electron chi connectivity index (χ2n) is 6.56. The Morgan fingerprint density at radius 2 is 2.00 bits per heavy atom. The maximum absolute atomic E-state index is 10.2. The van der Waals surface area contributed by atoms with Gasteiger partial charge in [-0.2, -0.15) is 0 Å². The van der Waals surface area contributed by atoms with Crippen molar-refractivity contribution in [3.05, 3.63) is 22.2 Å². The number of benzene rings is 1. The highest BCUT2D eigenvalue weighted by atomic mass is 79.9. The van der Waals surface area contributed by atoms with E-state index in [1.54, 1.807) is 0 Å². The van der Waals surface area contributed by atoms with Crippen LogP contribution in [0.5, 0.6) is 11.5 Å². The van der Waals surface area contributed by atoms with E-state index in [4.69, 9.17) is 4.74 Å². The van der Waals surface area contributed by atoms with Gasteiger partial charge in [0.1, 0.15) is 0 Å². The van der Waals surface area contributed by atoms with Crippen molar-refractivity contribution in [2.24, 2.45) is 5.92 Å². The molecule has 0 bridgehead atoms. The van der Waals surface area contributed by atoms with Crippen molar-refractivity contribution in [1.29, 1.82) is 0 Å². The maximum atomic E-state index is 10.2. The van der Waals surface area contributed by atoms with E-state index in [1.807, 2.05) is 6.92 Å². The van der Waals surface area contributed by atoms with Gasteiger partial charge in [0.2, 0.25) is 0 Å². The summed E-state index contributed by atoms with van der Waals surface area (Å²) in [4.78, 5) is 2.61. The first-order valence-corrected chi connectivity index (χ1v) is 9.60. The molecule has 128 valence electrons. The molecule has 4 nitrogen and oxygen atoms in total. The fraction of sp³-hybridized carbons (Fsp3) is 0.667. The number of piperazine rings is 1. The van der Waals surface area contributed by atoms with Crippen LogP contribution < -0.4 is 10.1 Å². The van der Waals surface area contributed by atoms with Crippen molar-refractivity contribution in [3.63, 3.8) is 0 Å². The predicted octanol–water partition coefficient (Wildman–Crippen LogP) is 3.69. The number of nitrogens with one attached hydrogen (secondary N) is 1. The Morgan fingerprint density at radius 1 is 1.30 bits per heavy atom. The second kappa shape index (κ2) is 7.86. The Balaban J connectivity index is 1.94. The fourth-order valence-electron chi connectivity index (χ4n) is 4.04. The van der Waals surface area contributed by atoms with Crippen molar-refractivity contribution in [3.8, 4) is 11.5 Å². The van der Waals surface area contributed by atoms with Crippen molar-refractivity contribution in [1.82, 2.24) is 10.2 Å². The minimum atomic E-state index is 0.209. The molecule has 0 unspecified atom stereocenters. The van der Waals surface area contributed by atoms with Gasteiger partial charge in [0.05, 0.1) is 11.1 Å². The van der Waals surface area contributed by atoms with E-state index >= 15 is 0 Å². The number of phenolic OH excluding ortho intramolecular Hbond substituents is 1. The molecular weight excluding hydrogens is 356 g/mol. The highest BCUT2D eigenvalue weighted by molar-refractivity contribution is 9.10. The third kappa shape index (κ3) is 3.83. The van der Waals surface area contributed by atoms with E-state index < -0.39 is 0 Å². The molecule has 1 aromatic rings. The first-order valence-electron chi connectivity index (χ1n) is 8.80. The van der Waals surface area contributed by atoms with Gasteiger partial charge in [0, 0.05) is 32.2 Å². The summed E-state index contributed by atoms with van der Waals surface area (Å²) < 4.78 is 6.38. The molecule has 2 N–H and O–H groups in total. The van der Waals surface area contributed by atoms with Crippen LogP contribution in [0, 0.1) is 5.92 Å². The molecule has 1 aromatic carbocycles. The average Bonchev–Trinajstić information content (AvgIpc) is 3.08. The summed E-state index contributed by atoms with van der Waals surface area (Å²) in [7, 11) is 0. The maximum Gasteiger partial charge on any atom is 0.172 e. The molecule has 2 aliphatic rings. The summed E-state index contributed by atoms with van der Waals surface area (Å²) in [6.07, 6.45) is 5.28. The number of hydrogen-bond donors (Lipinski definition) is 2. The molecule has 3 rings (SSSR count). The van der Waals surface area contributed by atoms with Gasteiger partial charge in [-0.3, -0.25) is 4.90 Å². The number of hydrogen-bond acceptors (Lipinski definition) is 4. The summed E-state index contributed by atoms with van der Waals surface area (Å²) in [6.45, 7) is 6.80. The van der Waals surface area contributed by atoms with Crippen LogP contribution in [0.3, 0.4) is 0 Å². The zero-order chi connectivity index (χ0) is 16.2. The van der Waals surface area contributed by atoms with Crippen LogP contribution in [0.4, 0.5) is 0 Å².